The van der Waals surface area contributed by atoms with E-state index in [0.29, 0.717) is 31.6 Å². The van der Waals surface area contributed by atoms with Crippen molar-refractivity contribution in [3.8, 4) is 0 Å². The van der Waals surface area contributed by atoms with Gasteiger partial charge < -0.3 is 5.21 Å². The summed E-state index contributed by atoms with van der Waals surface area (Å²) in [5.74, 6) is 0. The van der Waals surface area contributed by atoms with Crippen molar-refractivity contribution in [3.63, 3.8) is 0 Å². The molecule has 5 nitrogen and oxygen atoms in total. The summed E-state index contributed by atoms with van der Waals surface area (Å²) in [6, 6.07) is 0. The maximum atomic E-state index is 11.0. The summed E-state index contributed by atoms with van der Waals surface area (Å²) in [6.45, 7) is 0.858. The van der Waals surface area contributed by atoms with Crippen molar-refractivity contribution < 1.29 is 13.6 Å². The monoisotopic (exact) mass is 192 g/mol. The summed E-state index contributed by atoms with van der Waals surface area (Å²) >= 11 is 0. The lowest BCUT2D eigenvalue weighted by atomic mass is 10.1. The molecular weight excluding hydrogens is 180 g/mol. The van der Waals surface area contributed by atoms with Crippen LogP contribution in [0.5, 0.6) is 0 Å². The van der Waals surface area contributed by atoms with Gasteiger partial charge in [0.1, 0.15) is 0 Å². The minimum Gasteiger partial charge on any atom is -0.411 e. The fourth-order valence-electron chi connectivity index (χ4n) is 1.18. The van der Waals surface area contributed by atoms with E-state index in [1.54, 1.807) is 0 Å². The zero-order valence-corrected chi connectivity index (χ0v) is 7.71. The molecule has 0 radical (unpaired) electrons. The molecule has 1 N–H and O–H groups in total. The Hall–Kier alpha value is -0.620. The summed E-state index contributed by atoms with van der Waals surface area (Å²) in [6.07, 6.45) is 2.25. The lowest BCUT2D eigenvalue weighted by Gasteiger charge is -2.24. The van der Waals surface area contributed by atoms with Crippen molar-refractivity contribution in [2.45, 2.75) is 12.8 Å². The van der Waals surface area contributed by atoms with E-state index in [1.165, 1.54) is 10.6 Å². The van der Waals surface area contributed by atoms with Gasteiger partial charge in [0.2, 0.25) is 10.0 Å². The third kappa shape index (κ3) is 2.18. The first-order valence-electron chi connectivity index (χ1n) is 3.69. The van der Waals surface area contributed by atoms with E-state index >= 15 is 0 Å². The zero-order valence-electron chi connectivity index (χ0n) is 6.89. The van der Waals surface area contributed by atoms with Gasteiger partial charge in [0.15, 0.2) is 0 Å². The number of nitrogens with zero attached hydrogens (tertiary/aromatic N) is 2. The molecule has 0 aromatic heterocycles. The molecular formula is C6H12N2O3S. The van der Waals surface area contributed by atoms with Crippen LogP contribution in [-0.4, -0.2) is 43.0 Å². The van der Waals surface area contributed by atoms with Gasteiger partial charge in [0.25, 0.3) is 0 Å². The molecule has 0 saturated carbocycles. The van der Waals surface area contributed by atoms with Gasteiger partial charge in [-0.15, -0.1) is 0 Å². The second-order valence-electron chi connectivity index (χ2n) is 2.83. The Balaban J connectivity index is 2.58. The Kier molecular flexibility index (Phi) is 2.69. The standard InChI is InChI=1S/C6H12N2O3S/c1-12(10,11)8-4-2-6(7-9)3-5-8/h9H,2-5H2,1H3. The van der Waals surface area contributed by atoms with E-state index in [0.717, 1.165) is 0 Å². The van der Waals surface area contributed by atoms with Gasteiger partial charge in [-0.25, -0.2) is 12.7 Å². The first-order chi connectivity index (χ1) is 5.54. The third-order valence-electron chi connectivity index (χ3n) is 1.91. The van der Waals surface area contributed by atoms with Crippen LogP contribution in [-0.2, 0) is 10.0 Å². The lowest BCUT2D eigenvalue weighted by molar-refractivity contribution is 0.310. The van der Waals surface area contributed by atoms with Gasteiger partial charge >= 0.3 is 0 Å². The van der Waals surface area contributed by atoms with Crippen molar-refractivity contribution in [3.05, 3.63) is 0 Å². The van der Waals surface area contributed by atoms with Crippen molar-refractivity contribution >= 4 is 15.7 Å². The Bertz CT molecular complexity index is 273. The molecule has 0 aliphatic carbocycles. The van der Waals surface area contributed by atoms with Crippen LogP contribution in [0.1, 0.15) is 12.8 Å². The summed E-state index contributed by atoms with van der Waals surface area (Å²) in [4.78, 5) is 0. The Morgan fingerprint density at radius 3 is 2.25 bits per heavy atom. The molecule has 1 saturated heterocycles. The van der Waals surface area contributed by atoms with E-state index in [9.17, 15) is 8.42 Å². The summed E-state index contributed by atoms with van der Waals surface area (Å²) in [7, 11) is -3.06. The largest absolute Gasteiger partial charge is 0.411 e. The minimum absolute atomic E-state index is 0.429. The highest BCUT2D eigenvalue weighted by molar-refractivity contribution is 7.88. The minimum atomic E-state index is -3.06. The Morgan fingerprint density at radius 1 is 1.42 bits per heavy atom. The normalized spacial score (nSPS) is 20.9. The van der Waals surface area contributed by atoms with E-state index in [-0.39, 0.29) is 0 Å². The number of oxime groups is 1. The molecule has 1 fully saturated rings. The number of sulfonamides is 1. The molecule has 0 aromatic carbocycles. The molecule has 1 aliphatic heterocycles. The fraction of sp³-hybridized carbons (Fsp3) is 0.833. The molecule has 0 amide bonds. The van der Waals surface area contributed by atoms with Crippen LogP contribution in [0.4, 0.5) is 0 Å². The summed E-state index contributed by atoms with van der Waals surface area (Å²) in [5.41, 5.74) is 0.676. The van der Waals surface area contributed by atoms with Gasteiger partial charge in [-0.1, -0.05) is 5.16 Å². The van der Waals surface area contributed by atoms with Crippen molar-refractivity contribution in [2.24, 2.45) is 5.16 Å². The van der Waals surface area contributed by atoms with Crippen LogP contribution >= 0.6 is 0 Å². The van der Waals surface area contributed by atoms with Crippen LogP contribution < -0.4 is 0 Å². The maximum Gasteiger partial charge on any atom is 0.211 e. The van der Waals surface area contributed by atoms with Gasteiger partial charge in [0, 0.05) is 25.9 Å². The van der Waals surface area contributed by atoms with Crippen LogP contribution in [0.2, 0.25) is 0 Å². The Labute approximate surface area is 71.7 Å². The first-order valence-corrected chi connectivity index (χ1v) is 5.54. The molecule has 1 aliphatic rings. The molecule has 0 aromatic rings. The molecule has 1 heterocycles. The van der Waals surface area contributed by atoms with Crippen molar-refractivity contribution in [1.29, 1.82) is 0 Å². The quantitative estimate of drug-likeness (QED) is 0.465. The molecule has 0 bridgehead atoms. The summed E-state index contributed by atoms with van der Waals surface area (Å²) in [5, 5.41) is 11.5. The van der Waals surface area contributed by atoms with Crippen molar-refractivity contribution in [1.82, 2.24) is 4.31 Å². The summed E-state index contributed by atoms with van der Waals surface area (Å²) < 4.78 is 23.4. The SMILES string of the molecule is CS(=O)(=O)N1CCC(=NO)CC1. The third-order valence-corrected chi connectivity index (χ3v) is 3.21. The number of hydrogen-bond donors (Lipinski definition) is 1. The molecule has 1 rings (SSSR count). The van der Waals surface area contributed by atoms with Gasteiger partial charge in [0.05, 0.1) is 12.0 Å². The average molecular weight is 192 g/mol. The maximum absolute atomic E-state index is 11.0. The van der Waals surface area contributed by atoms with E-state index in [4.69, 9.17) is 5.21 Å². The van der Waals surface area contributed by atoms with E-state index in [1.807, 2.05) is 0 Å². The predicted molar refractivity (Wildman–Crippen MR) is 44.9 cm³/mol. The molecule has 0 atom stereocenters. The first kappa shape index (κ1) is 9.47. The van der Waals surface area contributed by atoms with Gasteiger partial charge in [-0.05, 0) is 0 Å². The molecule has 6 heteroatoms. The van der Waals surface area contributed by atoms with Gasteiger partial charge in [-0.3, -0.25) is 0 Å². The number of rotatable bonds is 1. The van der Waals surface area contributed by atoms with Crippen molar-refractivity contribution in [2.75, 3.05) is 19.3 Å². The predicted octanol–water partition coefficient (Wildman–Crippen LogP) is -0.128. The molecule has 12 heavy (non-hydrogen) atoms. The smallest absolute Gasteiger partial charge is 0.211 e. The van der Waals surface area contributed by atoms with Gasteiger partial charge in [-0.2, -0.15) is 0 Å². The molecule has 0 spiro atoms. The van der Waals surface area contributed by atoms with Crippen LogP contribution in [0, 0.1) is 0 Å². The highest BCUT2D eigenvalue weighted by Crippen LogP contribution is 2.09. The van der Waals surface area contributed by atoms with Crippen LogP contribution in [0.3, 0.4) is 0 Å². The topological polar surface area (TPSA) is 70.0 Å². The molecule has 70 valence electrons. The second kappa shape index (κ2) is 3.40. The van der Waals surface area contributed by atoms with E-state index in [2.05, 4.69) is 5.16 Å². The zero-order chi connectivity index (χ0) is 9.19. The second-order valence-corrected chi connectivity index (χ2v) is 4.81. The van der Waals surface area contributed by atoms with Crippen LogP contribution in [0.25, 0.3) is 0 Å². The number of hydrogen-bond acceptors (Lipinski definition) is 4. The number of piperidine rings is 1. The lowest BCUT2D eigenvalue weighted by Crippen LogP contribution is -2.37. The van der Waals surface area contributed by atoms with Crippen LogP contribution in [0.15, 0.2) is 5.16 Å². The highest BCUT2D eigenvalue weighted by atomic mass is 32.2. The average Bonchev–Trinajstić information content (AvgIpc) is 2.03. The fourth-order valence-corrected chi connectivity index (χ4v) is 2.02. The van der Waals surface area contributed by atoms with E-state index < -0.39 is 10.0 Å². The highest BCUT2D eigenvalue weighted by Gasteiger charge is 2.21. The molecule has 0 unspecified atom stereocenters. The Morgan fingerprint density at radius 2 is 1.92 bits per heavy atom.